The van der Waals surface area contributed by atoms with Gasteiger partial charge in [0.25, 0.3) is 0 Å². The molecule has 1 aliphatic carbocycles. The summed E-state index contributed by atoms with van der Waals surface area (Å²) in [5.41, 5.74) is -0.196. The van der Waals surface area contributed by atoms with Crippen LogP contribution in [-0.2, 0) is 4.79 Å². The Kier molecular flexibility index (Phi) is 4.62. The number of hydrogen-bond acceptors (Lipinski definition) is 3. The second-order valence-corrected chi connectivity index (χ2v) is 5.93. The second kappa shape index (κ2) is 6.02. The molecule has 1 amide bonds. The van der Waals surface area contributed by atoms with E-state index < -0.39 is 0 Å². The number of carbonyl (C=O) groups excluding carboxylic acids is 1. The van der Waals surface area contributed by atoms with Gasteiger partial charge in [-0.1, -0.05) is 19.8 Å². The highest BCUT2D eigenvalue weighted by molar-refractivity contribution is 5.83. The van der Waals surface area contributed by atoms with Crippen LogP contribution in [0.5, 0.6) is 0 Å². The topological polar surface area (TPSA) is 61.4 Å². The number of aliphatic hydroxyl groups is 1. The van der Waals surface area contributed by atoms with Gasteiger partial charge >= 0.3 is 0 Å². The lowest BCUT2D eigenvalue weighted by atomic mass is 9.81. The van der Waals surface area contributed by atoms with Crippen LogP contribution < -0.4 is 10.6 Å². The highest BCUT2D eigenvalue weighted by Crippen LogP contribution is 2.32. The van der Waals surface area contributed by atoms with Gasteiger partial charge in [-0.25, -0.2) is 0 Å². The number of nitrogens with one attached hydrogen (secondary N) is 2. The minimum atomic E-state index is -0.214. The molecule has 1 saturated heterocycles. The minimum absolute atomic E-state index is 0.188. The van der Waals surface area contributed by atoms with Crippen LogP contribution in [-0.4, -0.2) is 36.8 Å². The Labute approximate surface area is 110 Å². The third-order valence-corrected chi connectivity index (χ3v) is 4.60. The van der Waals surface area contributed by atoms with Crippen molar-refractivity contribution < 1.29 is 9.90 Å². The highest BCUT2D eigenvalue weighted by Gasteiger charge is 2.40. The van der Waals surface area contributed by atoms with Crippen molar-refractivity contribution in [1.29, 1.82) is 0 Å². The summed E-state index contributed by atoms with van der Waals surface area (Å²) in [6.07, 6.45) is 5.75. The Morgan fingerprint density at radius 1 is 1.50 bits per heavy atom. The molecule has 3 N–H and O–H groups in total. The van der Waals surface area contributed by atoms with Gasteiger partial charge in [0.2, 0.25) is 5.91 Å². The molecule has 1 aliphatic heterocycles. The molecule has 0 aromatic rings. The summed E-state index contributed by atoms with van der Waals surface area (Å²) in [5, 5.41) is 16.2. The van der Waals surface area contributed by atoms with E-state index in [9.17, 15) is 9.90 Å². The third-order valence-electron chi connectivity index (χ3n) is 4.60. The maximum absolute atomic E-state index is 12.4. The molecular weight excluding hydrogens is 228 g/mol. The Morgan fingerprint density at radius 3 is 2.89 bits per heavy atom. The molecule has 0 spiro atoms. The van der Waals surface area contributed by atoms with E-state index in [0.29, 0.717) is 6.54 Å². The van der Waals surface area contributed by atoms with Crippen LogP contribution in [0.3, 0.4) is 0 Å². The zero-order chi connectivity index (χ0) is 13.0. The Hall–Kier alpha value is -0.610. The molecule has 4 heteroatoms. The molecule has 104 valence electrons. The minimum Gasteiger partial charge on any atom is -0.393 e. The van der Waals surface area contributed by atoms with Gasteiger partial charge < -0.3 is 15.7 Å². The fourth-order valence-electron chi connectivity index (χ4n) is 3.41. The van der Waals surface area contributed by atoms with Crippen LogP contribution in [0.2, 0.25) is 0 Å². The molecule has 0 radical (unpaired) electrons. The molecule has 18 heavy (non-hydrogen) atoms. The van der Waals surface area contributed by atoms with Crippen LogP contribution >= 0.6 is 0 Å². The number of hydrogen-bond donors (Lipinski definition) is 3. The number of aliphatic hydroxyl groups excluding tert-OH is 1. The lowest BCUT2D eigenvalue weighted by Crippen LogP contribution is -2.44. The SMILES string of the molecule is CCCC1(C(=O)NCC2CCCC2O)CCNC1. The van der Waals surface area contributed by atoms with Crippen LogP contribution in [0.1, 0.15) is 45.4 Å². The molecule has 2 fully saturated rings. The first-order valence-corrected chi connectivity index (χ1v) is 7.35. The fraction of sp³-hybridized carbons (Fsp3) is 0.929. The lowest BCUT2D eigenvalue weighted by Gasteiger charge is -2.27. The zero-order valence-electron chi connectivity index (χ0n) is 11.4. The molecular formula is C14H26N2O2. The number of rotatable bonds is 5. The van der Waals surface area contributed by atoms with Crippen LogP contribution in [0.15, 0.2) is 0 Å². The van der Waals surface area contributed by atoms with E-state index in [0.717, 1.165) is 51.6 Å². The quantitative estimate of drug-likeness (QED) is 0.687. The summed E-state index contributed by atoms with van der Waals surface area (Å²) in [4.78, 5) is 12.4. The van der Waals surface area contributed by atoms with Gasteiger partial charge in [-0.05, 0) is 32.2 Å². The van der Waals surface area contributed by atoms with E-state index in [1.165, 1.54) is 0 Å². The lowest BCUT2D eigenvalue weighted by molar-refractivity contribution is -0.130. The molecule has 1 saturated carbocycles. The van der Waals surface area contributed by atoms with Crippen LogP contribution in [0.25, 0.3) is 0 Å². The Bertz CT molecular complexity index is 288. The first kappa shape index (κ1) is 13.8. The molecule has 2 aliphatic rings. The molecule has 0 aromatic heterocycles. The van der Waals surface area contributed by atoms with Crippen molar-refractivity contribution in [3.63, 3.8) is 0 Å². The van der Waals surface area contributed by atoms with E-state index in [1.807, 2.05) is 0 Å². The van der Waals surface area contributed by atoms with Crippen molar-refractivity contribution in [2.75, 3.05) is 19.6 Å². The maximum Gasteiger partial charge on any atom is 0.227 e. The molecule has 1 heterocycles. The normalized spacial score (nSPS) is 35.9. The van der Waals surface area contributed by atoms with Crippen molar-refractivity contribution >= 4 is 5.91 Å². The smallest absolute Gasteiger partial charge is 0.227 e. The van der Waals surface area contributed by atoms with Crippen molar-refractivity contribution in [2.45, 2.75) is 51.6 Å². The number of amides is 1. The standard InChI is InChI=1S/C14H26N2O2/c1-2-6-14(7-8-15-10-14)13(18)16-9-11-4-3-5-12(11)17/h11-12,15,17H,2-10H2,1H3,(H,16,18). The summed E-state index contributed by atoms with van der Waals surface area (Å²) >= 11 is 0. The molecule has 3 unspecified atom stereocenters. The number of carbonyl (C=O) groups is 1. The van der Waals surface area contributed by atoms with E-state index in [4.69, 9.17) is 0 Å². The van der Waals surface area contributed by atoms with Crippen molar-refractivity contribution in [2.24, 2.45) is 11.3 Å². The first-order chi connectivity index (χ1) is 8.68. The summed E-state index contributed by atoms with van der Waals surface area (Å²) in [6, 6.07) is 0. The van der Waals surface area contributed by atoms with Gasteiger partial charge in [0.15, 0.2) is 0 Å². The third kappa shape index (κ3) is 2.86. The predicted molar refractivity (Wildman–Crippen MR) is 71.2 cm³/mol. The average molecular weight is 254 g/mol. The van der Waals surface area contributed by atoms with Crippen molar-refractivity contribution in [3.05, 3.63) is 0 Å². The summed E-state index contributed by atoms with van der Waals surface area (Å²) < 4.78 is 0. The van der Waals surface area contributed by atoms with Gasteiger partial charge in [-0.15, -0.1) is 0 Å². The van der Waals surface area contributed by atoms with Crippen molar-refractivity contribution in [1.82, 2.24) is 10.6 Å². The van der Waals surface area contributed by atoms with Gasteiger partial charge in [-0.3, -0.25) is 4.79 Å². The zero-order valence-corrected chi connectivity index (χ0v) is 11.4. The van der Waals surface area contributed by atoms with Crippen molar-refractivity contribution in [3.8, 4) is 0 Å². The molecule has 2 rings (SSSR count). The molecule has 0 bridgehead atoms. The van der Waals surface area contributed by atoms with E-state index in [1.54, 1.807) is 0 Å². The molecule has 4 nitrogen and oxygen atoms in total. The predicted octanol–water partition coefficient (Wildman–Crippen LogP) is 1.04. The summed E-state index contributed by atoms with van der Waals surface area (Å²) in [5.74, 6) is 0.454. The van der Waals surface area contributed by atoms with Gasteiger partial charge in [-0.2, -0.15) is 0 Å². The van der Waals surface area contributed by atoms with Crippen LogP contribution in [0.4, 0.5) is 0 Å². The average Bonchev–Trinajstić information content (AvgIpc) is 2.97. The molecule has 0 aromatic carbocycles. The van der Waals surface area contributed by atoms with Gasteiger partial charge in [0, 0.05) is 19.0 Å². The van der Waals surface area contributed by atoms with E-state index in [-0.39, 0.29) is 23.3 Å². The summed E-state index contributed by atoms with van der Waals surface area (Å²) in [7, 11) is 0. The maximum atomic E-state index is 12.4. The Morgan fingerprint density at radius 2 is 2.33 bits per heavy atom. The summed E-state index contributed by atoms with van der Waals surface area (Å²) in [6.45, 7) is 4.53. The first-order valence-electron chi connectivity index (χ1n) is 7.35. The van der Waals surface area contributed by atoms with Gasteiger partial charge in [0.05, 0.1) is 11.5 Å². The Balaban J connectivity index is 1.85. The van der Waals surface area contributed by atoms with Crippen LogP contribution in [0, 0.1) is 11.3 Å². The highest BCUT2D eigenvalue weighted by atomic mass is 16.3. The second-order valence-electron chi connectivity index (χ2n) is 5.93. The van der Waals surface area contributed by atoms with E-state index >= 15 is 0 Å². The fourth-order valence-corrected chi connectivity index (χ4v) is 3.41. The molecule has 3 atom stereocenters. The largest absolute Gasteiger partial charge is 0.393 e. The monoisotopic (exact) mass is 254 g/mol. The van der Waals surface area contributed by atoms with Gasteiger partial charge in [0.1, 0.15) is 0 Å². The van der Waals surface area contributed by atoms with E-state index in [2.05, 4.69) is 17.6 Å².